The number of nitrogens with one attached hydrogen (secondary N) is 2. The number of nitrogens with zero attached hydrogens (tertiary/aromatic N) is 2. The molecule has 1 saturated heterocycles. The van der Waals surface area contributed by atoms with Gasteiger partial charge in [-0.25, -0.2) is 13.2 Å². The van der Waals surface area contributed by atoms with Crippen LogP contribution in [0.15, 0.2) is 38.8 Å². The number of aromatic nitrogens is 2. The monoisotopic (exact) mass is 649 g/mol. The molecule has 1 atom stereocenters. The summed E-state index contributed by atoms with van der Waals surface area (Å²) in [6, 6.07) is 4.19. The number of H-pyrrole nitrogens is 1. The number of benzene rings is 2. The van der Waals surface area contributed by atoms with Crippen LogP contribution in [0.4, 0.5) is 13.2 Å². The molecular weight excluding hydrogens is 622 g/mol. The molecule has 0 aliphatic carbocycles. The number of nitrogens with two attached hydrogens (primary N) is 1. The molecular formula is C26H28Cl2F3N5O5S. The van der Waals surface area contributed by atoms with E-state index in [1.54, 1.807) is 4.90 Å². The van der Waals surface area contributed by atoms with Crippen molar-refractivity contribution in [1.29, 1.82) is 0 Å². The van der Waals surface area contributed by atoms with E-state index in [4.69, 9.17) is 28.9 Å². The van der Waals surface area contributed by atoms with Gasteiger partial charge in [0, 0.05) is 24.2 Å². The topological polar surface area (TPSA) is 147 Å². The van der Waals surface area contributed by atoms with Crippen LogP contribution in [0.25, 0.3) is 10.9 Å². The molecule has 0 unspecified atom stereocenters. The van der Waals surface area contributed by atoms with Crippen molar-refractivity contribution in [1.82, 2.24) is 19.8 Å². The van der Waals surface area contributed by atoms with Gasteiger partial charge in [-0.15, -0.1) is 0 Å². The summed E-state index contributed by atoms with van der Waals surface area (Å²) in [5.41, 5.74) is 1.53. The molecule has 2 aromatic carbocycles. The number of rotatable bonds is 8. The van der Waals surface area contributed by atoms with Crippen molar-refractivity contribution in [2.45, 2.75) is 50.0 Å². The fraction of sp³-hybridized carbons (Fsp3) is 0.423. The number of hydrogen-bond acceptors (Lipinski definition) is 7. The van der Waals surface area contributed by atoms with E-state index in [0.717, 1.165) is 0 Å². The van der Waals surface area contributed by atoms with Crippen molar-refractivity contribution in [3.05, 3.63) is 71.8 Å². The molecule has 1 aliphatic rings. The second-order valence-corrected chi connectivity index (χ2v) is 13.0. The highest BCUT2D eigenvalue weighted by molar-refractivity contribution is 7.91. The molecule has 4 rings (SSSR count). The van der Waals surface area contributed by atoms with Crippen LogP contribution < -0.4 is 22.3 Å². The van der Waals surface area contributed by atoms with Crippen LogP contribution in [-0.2, 0) is 33.9 Å². The van der Waals surface area contributed by atoms with Gasteiger partial charge in [-0.3, -0.25) is 19.1 Å². The summed E-state index contributed by atoms with van der Waals surface area (Å²) in [4.78, 5) is 42.2. The summed E-state index contributed by atoms with van der Waals surface area (Å²) in [7, 11) is -3.79. The van der Waals surface area contributed by atoms with Crippen molar-refractivity contribution >= 4 is 49.8 Å². The number of piperidine rings is 1. The van der Waals surface area contributed by atoms with E-state index in [-0.39, 0.29) is 63.9 Å². The lowest BCUT2D eigenvalue weighted by Gasteiger charge is -2.34. The Labute approximate surface area is 248 Å². The molecule has 1 aliphatic heterocycles. The van der Waals surface area contributed by atoms with Crippen LogP contribution >= 0.6 is 23.2 Å². The Hall–Kier alpha value is -2.91. The highest BCUT2D eigenvalue weighted by Gasteiger charge is 2.37. The van der Waals surface area contributed by atoms with Gasteiger partial charge in [0.05, 0.1) is 45.2 Å². The van der Waals surface area contributed by atoms with E-state index in [1.807, 2.05) is 0 Å². The zero-order chi connectivity index (χ0) is 31.0. The lowest BCUT2D eigenvalue weighted by Crippen LogP contribution is -2.48. The first-order valence-electron chi connectivity index (χ1n) is 12.9. The second kappa shape index (κ2) is 12.4. The number of sulfone groups is 1. The van der Waals surface area contributed by atoms with Gasteiger partial charge in [-0.1, -0.05) is 30.1 Å². The number of fused-ring (bicyclic) bond motifs is 1. The zero-order valence-corrected chi connectivity index (χ0v) is 24.7. The van der Waals surface area contributed by atoms with E-state index >= 15 is 0 Å². The summed E-state index contributed by atoms with van der Waals surface area (Å²) >= 11 is 12.5. The molecule has 1 fully saturated rings. The molecule has 4 N–H and O–H groups in total. The first-order chi connectivity index (χ1) is 19.7. The van der Waals surface area contributed by atoms with Crippen molar-refractivity contribution in [2.75, 3.05) is 25.4 Å². The van der Waals surface area contributed by atoms with Crippen molar-refractivity contribution in [3.8, 4) is 0 Å². The standard InChI is InChI=1S/C26H28Cl2F3N5O5S/c1-2-42(40,41)20-6-5-15(27)8-14(20)11-36-24(38)17-9-19(26(29,30)31)18(22(28)23(17)34-25(36)39)13-35-7-3-4-16(12-35)33-21(37)10-32/h5-6,8-9,16H,2-4,7,10-13,32H2,1H3,(H,33,37)(H,34,39)/t16-/m0/s1. The van der Waals surface area contributed by atoms with Crippen LogP contribution in [-0.4, -0.2) is 60.2 Å². The predicted octanol–water partition coefficient (Wildman–Crippen LogP) is 2.90. The molecule has 0 saturated carbocycles. The third-order valence-corrected chi connectivity index (χ3v) is 9.61. The SMILES string of the molecule is CCS(=O)(=O)c1ccc(Cl)cc1Cn1c(=O)[nH]c2c(Cl)c(CN3CCC[C@H](NC(=O)CN)C3)c(C(F)(F)F)cc2c1=O. The van der Waals surface area contributed by atoms with E-state index in [9.17, 15) is 36.0 Å². The number of aromatic amines is 1. The molecule has 0 bridgehead atoms. The van der Waals surface area contributed by atoms with E-state index in [1.165, 1.54) is 25.1 Å². The molecule has 0 radical (unpaired) electrons. The summed E-state index contributed by atoms with van der Waals surface area (Å²) in [6.45, 7) is 1.05. The molecule has 1 amide bonds. The molecule has 1 aromatic heterocycles. The van der Waals surface area contributed by atoms with Crippen LogP contribution in [0, 0.1) is 0 Å². The van der Waals surface area contributed by atoms with Crippen LogP contribution in [0.1, 0.15) is 36.5 Å². The summed E-state index contributed by atoms with van der Waals surface area (Å²) in [6.07, 6.45) is -3.68. The van der Waals surface area contributed by atoms with Gasteiger partial charge in [0.15, 0.2) is 9.84 Å². The summed E-state index contributed by atoms with van der Waals surface area (Å²) in [5.74, 6) is -0.651. The Morgan fingerprint density at radius 2 is 1.90 bits per heavy atom. The van der Waals surface area contributed by atoms with Crippen molar-refractivity contribution in [2.24, 2.45) is 5.73 Å². The van der Waals surface area contributed by atoms with Gasteiger partial charge in [-0.05, 0) is 54.8 Å². The first-order valence-corrected chi connectivity index (χ1v) is 15.4. The third-order valence-electron chi connectivity index (χ3n) is 7.13. The maximum atomic E-state index is 14.3. The van der Waals surface area contributed by atoms with Gasteiger partial charge in [-0.2, -0.15) is 13.2 Å². The molecule has 16 heteroatoms. The maximum absolute atomic E-state index is 14.3. The smallest absolute Gasteiger partial charge is 0.351 e. The quantitative estimate of drug-likeness (QED) is 0.340. The van der Waals surface area contributed by atoms with Crippen LogP contribution in [0.2, 0.25) is 10.0 Å². The largest absolute Gasteiger partial charge is 0.416 e. The number of hydrogen-bond donors (Lipinski definition) is 3. The summed E-state index contributed by atoms with van der Waals surface area (Å²) < 4.78 is 68.8. The fourth-order valence-corrected chi connectivity index (χ4v) is 6.69. The Balaban J connectivity index is 1.81. The number of alkyl halides is 3. The van der Waals surface area contributed by atoms with E-state index in [0.29, 0.717) is 30.0 Å². The van der Waals surface area contributed by atoms with Crippen LogP contribution in [0.3, 0.4) is 0 Å². The Morgan fingerprint density at radius 1 is 1.19 bits per heavy atom. The lowest BCUT2D eigenvalue weighted by atomic mass is 10.0. The summed E-state index contributed by atoms with van der Waals surface area (Å²) in [5, 5.41) is 1.94. The van der Waals surface area contributed by atoms with Crippen LogP contribution in [0.5, 0.6) is 0 Å². The minimum atomic E-state index is -4.90. The molecule has 3 aromatic rings. The molecule has 10 nitrogen and oxygen atoms in total. The normalized spacial score (nSPS) is 16.6. The number of likely N-dealkylation sites (tertiary alicyclic amines) is 1. The second-order valence-electron chi connectivity index (χ2n) is 9.96. The first kappa shape index (κ1) is 32.0. The Bertz CT molecular complexity index is 1760. The number of carbonyl (C=O) groups excluding carboxylic acids is 1. The lowest BCUT2D eigenvalue weighted by molar-refractivity contribution is -0.138. The number of amides is 1. The fourth-order valence-electron chi connectivity index (χ4n) is 5.07. The number of halogens is 5. The van der Waals surface area contributed by atoms with E-state index in [2.05, 4.69) is 10.3 Å². The number of carbonyl (C=O) groups is 1. The van der Waals surface area contributed by atoms with Gasteiger partial charge >= 0.3 is 11.9 Å². The highest BCUT2D eigenvalue weighted by Crippen LogP contribution is 2.39. The van der Waals surface area contributed by atoms with Crippen molar-refractivity contribution in [3.63, 3.8) is 0 Å². The van der Waals surface area contributed by atoms with Crippen molar-refractivity contribution < 1.29 is 26.4 Å². The molecule has 2 heterocycles. The molecule has 228 valence electrons. The minimum Gasteiger partial charge on any atom is -0.351 e. The minimum absolute atomic E-state index is 0.0245. The zero-order valence-electron chi connectivity index (χ0n) is 22.4. The molecule has 42 heavy (non-hydrogen) atoms. The van der Waals surface area contributed by atoms with E-state index < -0.39 is 49.8 Å². The predicted molar refractivity (Wildman–Crippen MR) is 153 cm³/mol. The van der Waals surface area contributed by atoms with Gasteiger partial charge in [0.25, 0.3) is 5.56 Å². The van der Waals surface area contributed by atoms with Gasteiger partial charge in [0.2, 0.25) is 5.91 Å². The van der Waals surface area contributed by atoms with Gasteiger partial charge < -0.3 is 16.0 Å². The Kier molecular flexibility index (Phi) is 9.43. The third kappa shape index (κ3) is 6.67. The maximum Gasteiger partial charge on any atom is 0.416 e. The average molecular weight is 651 g/mol. The highest BCUT2D eigenvalue weighted by atomic mass is 35.5. The Morgan fingerprint density at radius 3 is 2.55 bits per heavy atom. The average Bonchev–Trinajstić information content (AvgIpc) is 2.92. The van der Waals surface area contributed by atoms with Gasteiger partial charge in [0.1, 0.15) is 0 Å². The molecule has 0 spiro atoms.